The van der Waals surface area contributed by atoms with E-state index in [1.54, 1.807) is 0 Å². The first kappa shape index (κ1) is 11.4. The summed E-state index contributed by atoms with van der Waals surface area (Å²) in [4.78, 5) is 4.27. The molecule has 0 amide bonds. The minimum Gasteiger partial charge on any atom is -0.338 e. The molecule has 4 heteroatoms. The van der Waals surface area contributed by atoms with Gasteiger partial charge < -0.3 is 10.3 Å². The molecule has 1 aromatic carbocycles. The van der Waals surface area contributed by atoms with Gasteiger partial charge >= 0.3 is 0 Å². The molecule has 2 N–H and O–H groups in total. The van der Waals surface area contributed by atoms with Gasteiger partial charge in [0.05, 0.1) is 6.54 Å². The molecule has 0 atom stereocenters. The Bertz CT molecular complexity index is 548. The van der Waals surface area contributed by atoms with Crippen LogP contribution in [0.3, 0.4) is 0 Å². The Morgan fingerprint density at radius 1 is 1.11 bits per heavy atom. The van der Waals surface area contributed by atoms with Crippen LogP contribution in [0.4, 0.5) is 0 Å². The number of fused-ring (bicyclic) bond motifs is 1. The van der Waals surface area contributed by atoms with Gasteiger partial charge in [0.2, 0.25) is 11.7 Å². The van der Waals surface area contributed by atoms with Crippen molar-refractivity contribution in [3.8, 4) is 11.4 Å². The Hall–Kier alpha value is -1.68. The minimum atomic E-state index is 0.290. The summed E-state index contributed by atoms with van der Waals surface area (Å²) in [7, 11) is 0. The number of benzene rings is 1. The van der Waals surface area contributed by atoms with Crippen LogP contribution in [0.2, 0.25) is 0 Å². The van der Waals surface area contributed by atoms with E-state index in [1.165, 1.54) is 36.8 Å². The summed E-state index contributed by atoms with van der Waals surface area (Å²) in [6.45, 7) is 0.290. The lowest BCUT2D eigenvalue weighted by Crippen LogP contribution is -1.96. The SMILES string of the molecule is NCc1nc(-c2ccc3c(c2)CCCCC3)no1. The molecule has 0 saturated heterocycles. The molecule has 1 aromatic heterocycles. The molecular formula is C14H17N3O. The summed E-state index contributed by atoms with van der Waals surface area (Å²) >= 11 is 0. The molecular weight excluding hydrogens is 226 g/mol. The van der Waals surface area contributed by atoms with E-state index in [9.17, 15) is 0 Å². The quantitative estimate of drug-likeness (QED) is 0.823. The standard InChI is InChI=1S/C14H17N3O/c15-9-13-16-14(17-18-13)12-7-6-10-4-2-1-3-5-11(10)8-12/h6-8H,1-5,9,15H2. The molecule has 94 valence electrons. The van der Waals surface area contributed by atoms with Crippen LogP contribution in [0.25, 0.3) is 11.4 Å². The smallest absolute Gasteiger partial charge is 0.240 e. The largest absolute Gasteiger partial charge is 0.338 e. The fourth-order valence-corrected chi connectivity index (χ4v) is 2.50. The van der Waals surface area contributed by atoms with E-state index >= 15 is 0 Å². The van der Waals surface area contributed by atoms with Crippen LogP contribution in [0.5, 0.6) is 0 Å². The van der Waals surface area contributed by atoms with Crippen molar-refractivity contribution in [2.24, 2.45) is 5.73 Å². The molecule has 0 spiro atoms. The van der Waals surface area contributed by atoms with Crippen molar-refractivity contribution >= 4 is 0 Å². The van der Waals surface area contributed by atoms with E-state index in [-0.39, 0.29) is 6.54 Å². The van der Waals surface area contributed by atoms with Crippen molar-refractivity contribution in [3.63, 3.8) is 0 Å². The molecule has 0 saturated carbocycles. The predicted molar refractivity (Wildman–Crippen MR) is 68.9 cm³/mol. The molecule has 2 aromatic rings. The topological polar surface area (TPSA) is 64.9 Å². The number of rotatable bonds is 2. The third-order valence-electron chi connectivity index (χ3n) is 3.50. The van der Waals surface area contributed by atoms with Gasteiger partial charge in [0.1, 0.15) is 0 Å². The average Bonchev–Trinajstić information content (AvgIpc) is 2.76. The maximum absolute atomic E-state index is 5.48. The second-order valence-corrected chi connectivity index (χ2v) is 4.76. The van der Waals surface area contributed by atoms with Crippen LogP contribution >= 0.6 is 0 Å². The zero-order valence-corrected chi connectivity index (χ0v) is 10.4. The summed E-state index contributed by atoms with van der Waals surface area (Å²) in [6.07, 6.45) is 6.24. The minimum absolute atomic E-state index is 0.290. The number of nitrogens with two attached hydrogens (primary N) is 1. The van der Waals surface area contributed by atoms with Gasteiger partial charge in [-0.15, -0.1) is 0 Å². The molecule has 0 bridgehead atoms. The normalized spacial score (nSPS) is 15.2. The van der Waals surface area contributed by atoms with Crippen molar-refractivity contribution in [2.75, 3.05) is 0 Å². The fraction of sp³-hybridized carbons (Fsp3) is 0.429. The van der Waals surface area contributed by atoms with Crippen LogP contribution in [0, 0.1) is 0 Å². The maximum Gasteiger partial charge on any atom is 0.240 e. The van der Waals surface area contributed by atoms with E-state index in [4.69, 9.17) is 10.3 Å². The molecule has 0 unspecified atom stereocenters. The highest BCUT2D eigenvalue weighted by Gasteiger charge is 2.12. The number of hydrogen-bond acceptors (Lipinski definition) is 4. The molecule has 0 aliphatic heterocycles. The highest BCUT2D eigenvalue weighted by atomic mass is 16.5. The Balaban J connectivity index is 1.95. The third-order valence-corrected chi connectivity index (χ3v) is 3.50. The Morgan fingerprint density at radius 3 is 2.72 bits per heavy atom. The number of aromatic nitrogens is 2. The molecule has 0 radical (unpaired) electrons. The lowest BCUT2D eigenvalue weighted by atomic mass is 10.00. The van der Waals surface area contributed by atoms with Crippen molar-refractivity contribution in [3.05, 3.63) is 35.2 Å². The van der Waals surface area contributed by atoms with Crippen LogP contribution < -0.4 is 5.73 Å². The lowest BCUT2D eigenvalue weighted by molar-refractivity contribution is 0.380. The maximum atomic E-state index is 5.48. The molecule has 4 nitrogen and oxygen atoms in total. The van der Waals surface area contributed by atoms with E-state index in [1.807, 2.05) is 0 Å². The molecule has 18 heavy (non-hydrogen) atoms. The highest BCUT2D eigenvalue weighted by molar-refractivity contribution is 5.57. The van der Waals surface area contributed by atoms with Gasteiger partial charge in [-0.25, -0.2) is 0 Å². The second-order valence-electron chi connectivity index (χ2n) is 4.76. The summed E-state index contributed by atoms with van der Waals surface area (Å²) in [5.74, 6) is 1.13. The third kappa shape index (κ3) is 2.16. The summed E-state index contributed by atoms with van der Waals surface area (Å²) in [6, 6.07) is 6.48. The summed E-state index contributed by atoms with van der Waals surface area (Å²) in [5, 5.41) is 3.96. The average molecular weight is 243 g/mol. The van der Waals surface area contributed by atoms with Crippen LogP contribution in [0.15, 0.2) is 22.7 Å². The monoisotopic (exact) mass is 243 g/mol. The summed E-state index contributed by atoms with van der Waals surface area (Å²) < 4.78 is 5.05. The number of nitrogens with zero attached hydrogens (tertiary/aromatic N) is 2. The van der Waals surface area contributed by atoms with Crippen LogP contribution in [0.1, 0.15) is 36.3 Å². The van der Waals surface area contributed by atoms with E-state index in [0.717, 1.165) is 12.0 Å². The molecule has 1 aliphatic carbocycles. The molecule has 3 rings (SSSR count). The first-order chi connectivity index (χ1) is 8.86. The van der Waals surface area contributed by atoms with Crippen LogP contribution in [-0.4, -0.2) is 10.1 Å². The second kappa shape index (κ2) is 4.90. The fourth-order valence-electron chi connectivity index (χ4n) is 2.50. The van der Waals surface area contributed by atoms with E-state index < -0.39 is 0 Å². The van der Waals surface area contributed by atoms with Crippen molar-refractivity contribution in [2.45, 2.75) is 38.6 Å². The van der Waals surface area contributed by atoms with Crippen molar-refractivity contribution in [1.29, 1.82) is 0 Å². The molecule has 0 fully saturated rings. The van der Waals surface area contributed by atoms with Crippen LogP contribution in [-0.2, 0) is 19.4 Å². The number of hydrogen-bond donors (Lipinski definition) is 1. The first-order valence-corrected chi connectivity index (χ1v) is 6.51. The zero-order valence-electron chi connectivity index (χ0n) is 10.4. The van der Waals surface area contributed by atoms with E-state index in [0.29, 0.717) is 11.7 Å². The van der Waals surface area contributed by atoms with Gasteiger partial charge in [-0.3, -0.25) is 0 Å². The Kier molecular flexibility index (Phi) is 3.11. The zero-order chi connectivity index (χ0) is 12.4. The van der Waals surface area contributed by atoms with Gasteiger partial charge in [0, 0.05) is 5.56 Å². The van der Waals surface area contributed by atoms with E-state index in [2.05, 4.69) is 28.3 Å². The predicted octanol–water partition coefficient (Wildman–Crippen LogP) is 2.46. The Morgan fingerprint density at radius 2 is 1.94 bits per heavy atom. The highest BCUT2D eigenvalue weighted by Crippen LogP contribution is 2.25. The van der Waals surface area contributed by atoms with Gasteiger partial charge in [0.15, 0.2) is 0 Å². The summed E-state index contributed by atoms with van der Waals surface area (Å²) in [5.41, 5.74) is 9.41. The van der Waals surface area contributed by atoms with Gasteiger partial charge in [-0.2, -0.15) is 4.98 Å². The van der Waals surface area contributed by atoms with Gasteiger partial charge in [-0.1, -0.05) is 23.7 Å². The molecule has 1 aliphatic rings. The molecule has 1 heterocycles. The Labute approximate surface area is 106 Å². The lowest BCUT2D eigenvalue weighted by Gasteiger charge is -2.06. The van der Waals surface area contributed by atoms with Gasteiger partial charge in [0.25, 0.3) is 0 Å². The number of aryl methyl sites for hydroxylation is 2. The van der Waals surface area contributed by atoms with Crippen molar-refractivity contribution < 1.29 is 4.52 Å². The van der Waals surface area contributed by atoms with Crippen molar-refractivity contribution in [1.82, 2.24) is 10.1 Å². The first-order valence-electron chi connectivity index (χ1n) is 6.51. The van der Waals surface area contributed by atoms with Gasteiger partial charge in [-0.05, 0) is 42.9 Å².